The average molecular weight is 495 g/mol. The number of benzene rings is 2. The highest BCUT2D eigenvalue weighted by Gasteiger charge is 2.22. The first-order valence-corrected chi connectivity index (χ1v) is 12.7. The maximum Gasteiger partial charge on any atom is 0.346 e. The van der Waals surface area contributed by atoms with Gasteiger partial charge in [-0.05, 0) is 36.8 Å². The molecule has 0 atom stereocenters. The molecule has 192 valence electrons. The number of hydrogen-bond acceptors (Lipinski definition) is 3. The molecule has 7 heteroatoms. The SMILES string of the molecule is CCCCCCCC[C@H]1CC[C@H](COc2ccc(C(=O)Oc3cc(F)c(F)c(F)c3)c(F)c2)CC1. The lowest BCUT2D eigenvalue weighted by molar-refractivity contribution is 0.0728. The minimum absolute atomic E-state index is 0.298. The van der Waals surface area contributed by atoms with Crippen molar-refractivity contribution in [1.29, 1.82) is 0 Å². The van der Waals surface area contributed by atoms with Crippen LogP contribution in [0.4, 0.5) is 17.6 Å². The first-order chi connectivity index (χ1) is 16.9. The summed E-state index contributed by atoms with van der Waals surface area (Å²) in [6.07, 6.45) is 13.8. The standard InChI is InChI=1S/C28H34F4O3/c1-2-3-4-5-6-7-8-19-9-11-20(12-10-19)18-34-21-13-14-23(24(29)15-21)28(33)35-22-16-25(30)27(32)26(31)17-22/h13-17,19-20H,2-12,18H2,1H3/t19-,20-. The van der Waals surface area contributed by atoms with Crippen molar-refractivity contribution in [3.8, 4) is 11.5 Å². The van der Waals surface area contributed by atoms with E-state index >= 15 is 0 Å². The molecular weight excluding hydrogens is 460 g/mol. The molecule has 0 heterocycles. The number of unbranched alkanes of at least 4 members (excludes halogenated alkanes) is 5. The summed E-state index contributed by atoms with van der Waals surface area (Å²) in [6.45, 7) is 2.72. The molecule has 3 nitrogen and oxygen atoms in total. The van der Waals surface area contributed by atoms with Crippen molar-refractivity contribution in [1.82, 2.24) is 0 Å². The number of carbonyl (C=O) groups excluding carboxylic acids is 1. The second-order valence-electron chi connectivity index (χ2n) is 9.49. The summed E-state index contributed by atoms with van der Waals surface area (Å²) in [5.74, 6) is -5.76. The summed E-state index contributed by atoms with van der Waals surface area (Å²) in [5, 5.41) is 0. The molecule has 0 N–H and O–H groups in total. The van der Waals surface area contributed by atoms with Crippen LogP contribution >= 0.6 is 0 Å². The zero-order chi connectivity index (χ0) is 25.2. The van der Waals surface area contributed by atoms with Gasteiger partial charge in [0.05, 0.1) is 12.2 Å². The third kappa shape index (κ3) is 8.25. The van der Waals surface area contributed by atoms with E-state index < -0.39 is 40.6 Å². The van der Waals surface area contributed by atoms with E-state index in [1.54, 1.807) is 0 Å². The molecule has 0 saturated heterocycles. The van der Waals surface area contributed by atoms with Crippen LogP contribution in [0.2, 0.25) is 0 Å². The lowest BCUT2D eigenvalue weighted by atomic mass is 9.80. The van der Waals surface area contributed by atoms with Crippen LogP contribution in [-0.2, 0) is 0 Å². The Bertz CT molecular complexity index is 948. The second-order valence-corrected chi connectivity index (χ2v) is 9.49. The molecule has 0 bridgehead atoms. The Hall–Kier alpha value is -2.57. The molecular formula is C28H34F4O3. The van der Waals surface area contributed by atoms with Crippen molar-refractivity contribution in [3.63, 3.8) is 0 Å². The summed E-state index contributed by atoms with van der Waals surface area (Å²) >= 11 is 0. The molecule has 0 spiro atoms. The minimum atomic E-state index is -1.68. The number of esters is 1. The van der Waals surface area contributed by atoms with E-state index in [1.807, 2.05) is 0 Å². The van der Waals surface area contributed by atoms with Crippen molar-refractivity contribution >= 4 is 5.97 Å². The van der Waals surface area contributed by atoms with Gasteiger partial charge in [0.25, 0.3) is 0 Å². The molecule has 1 saturated carbocycles. The Morgan fingerprint density at radius 2 is 1.40 bits per heavy atom. The molecule has 3 rings (SSSR count). The van der Waals surface area contributed by atoms with Crippen LogP contribution in [-0.4, -0.2) is 12.6 Å². The topological polar surface area (TPSA) is 35.5 Å². The van der Waals surface area contributed by atoms with Gasteiger partial charge in [-0.2, -0.15) is 0 Å². The summed E-state index contributed by atoms with van der Waals surface area (Å²) < 4.78 is 64.6. The summed E-state index contributed by atoms with van der Waals surface area (Å²) in [5.41, 5.74) is -0.419. The molecule has 1 aliphatic carbocycles. The van der Waals surface area contributed by atoms with Crippen molar-refractivity contribution in [2.75, 3.05) is 6.61 Å². The molecule has 2 aromatic rings. The van der Waals surface area contributed by atoms with Crippen LogP contribution in [0.25, 0.3) is 0 Å². The highest BCUT2D eigenvalue weighted by atomic mass is 19.2. The van der Waals surface area contributed by atoms with Crippen LogP contribution in [0, 0.1) is 35.1 Å². The van der Waals surface area contributed by atoms with E-state index in [2.05, 4.69) is 6.92 Å². The Balaban J connectivity index is 1.41. The van der Waals surface area contributed by atoms with E-state index in [0.29, 0.717) is 30.4 Å². The number of halogens is 4. The van der Waals surface area contributed by atoms with Gasteiger partial charge in [-0.1, -0.05) is 64.7 Å². The van der Waals surface area contributed by atoms with Crippen LogP contribution in [0.15, 0.2) is 30.3 Å². The smallest absolute Gasteiger partial charge is 0.346 e. The van der Waals surface area contributed by atoms with Gasteiger partial charge >= 0.3 is 5.97 Å². The highest BCUT2D eigenvalue weighted by Crippen LogP contribution is 2.33. The Morgan fingerprint density at radius 3 is 2.06 bits per heavy atom. The fourth-order valence-corrected chi connectivity index (χ4v) is 4.62. The Morgan fingerprint density at radius 1 is 0.800 bits per heavy atom. The summed E-state index contributed by atoms with van der Waals surface area (Å²) in [7, 11) is 0. The lowest BCUT2D eigenvalue weighted by Gasteiger charge is -2.28. The molecule has 35 heavy (non-hydrogen) atoms. The number of rotatable bonds is 12. The third-order valence-electron chi connectivity index (χ3n) is 6.75. The molecule has 0 aliphatic heterocycles. The van der Waals surface area contributed by atoms with Gasteiger partial charge in [0.15, 0.2) is 17.5 Å². The molecule has 0 radical (unpaired) electrons. The van der Waals surface area contributed by atoms with Gasteiger partial charge in [-0.3, -0.25) is 0 Å². The van der Waals surface area contributed by atoms with E-state index in [9.17, 15) is 22.4 Å². The zero-order valence-corrected chi connectivity index (χ0v) is 20.3. The monoisotopic (exact) mass is 494 g/mol. The van der Waals surface area contributed by atoms with E-state index in [4.69, 9.17) is 9.47 Å². The molecule has 1 aliphatic rings. The molecule has 2 aromatic carbocycles. The molecule has 0 aromatic heterocycles. The minimum Gasteiger partial charge on any atom is -0.493 e. The fraction of sp³-hybridized carbons (Fsp3) is 0.536. The summed E-state index contributed by atoms with van der Waals surface area (Å²) in [6, 6.07) is 4.78. The zero-order valence-electron chi connectivity index (χ0n) is 20.3. The maximum absolute atomic E-state index is 14.5. The van der Waals surface area contributed by atoms with Crippen molar-refractivity contribution < 1.29 is 31.8 Å². The van der Waals surface area contributed by atoms with Gasteiger partial charge in [-0.25, -0.2) is 22.4 Å². The Kier molecular flexibility index (Phi) is 10.4. The lowest BCUT2D eigenvalue weighted by Crippen LogP contribution is -2.20. The quantitative estimate of drug-likeness (QED) is 0.0977. The average Bonchev–Trinajstić information content (AvgIpc) is 2.84. The first kappa shape index (κ1) is 27.0. The van der Waals surface area contributed by atoms with Crippen LogP contribution in [0.5, 0.6) is 11.5 Å². The van der Waals surface area contributed by atoms with Crippen molar-refractivity contribution in [2.24, 2.45) is 11.8 Å². The van der Waals surface area contributed by atoms with Gasteiger partial charge in [-0.15, -0.1) is 0 Å². The number of carbonyl (C=O) groups is 1. The van der Waals surface area contributed by atoms with Crippen LogP contribution in [0.1, 0.15) is 87.9 Å². The van der Waals surface area contributed by atoms with Crippen molar-refractivity contribution in [2.45, 2.75) is 77.6 Å². The predicted octanol–water partition coefficient (Wildman–Crippen LogP) is 8.40. The second kappa shape index (κ2) is 13.5. The summed E-state index contributed by atoms with van der Waals surface area (Å²) in [4.78, 5) is 12.2. The van der Waals surface area contributed by atoms with Gasteiger partial charge in [0.1, 0.15) is 17.3 Å². The largest absolute Gasteiger partial charge is 0.493 e. The van der Waals surface area contributed by atoms with E-state index in [-0.39, 0.29) is 0 Å². The number of ether oxygens (including phenoxy) is 2. The van der Waals surface area contributed by atoms with Gasteiger partial charge in [0, 0.05) is 18.2 Å². The third-order valence-corrected chi connectivity index (χ3v) is 6.75. The van der Waals surface area contributed by atoms with Crippen molar-refractivity contribution in [3.05, 3.63) is 59.2 Å². The maximum atomic E-state index is 14.5. The highest BCUT2D eigenvalue weighted by molar-refractivity contribution is 5.91. The molecule has 0 amide bonds. The van der Waals surface area contributed by atoms with Crippen LogP contribution in [0.3, 0.4) is 0 Å². The van der Waals surface area contributed by atoms with E-state index in [1.165, 1.54) is 69.9 Å². The van der Waals surface area contributed by atoms with Crippen LogP contribution < -0.4 is 9.47 Å². The van der Waals surface area contributed by atoms with Gasteiger partial charge < -0.3 is 9.47 Å². The normalized spacial score (nSPS) is 17.9. The predicted molar refractivity (Wildman–Crippen MR) is 127 cm³/mol. The Labute approximate surface area is 204 Å². The molecule has 0 unspecified atom stereocenters. The van der Waals surface area contributed by atoms with E-state index in [0.717, 1.165) is 24.8 Å². The number of hydrogen-bond donors (Lipinski definition) is 0. The fourth-order valence-electron chi connectivity index (χ4n) is 4.62. The molecule has 1 fully saturated rings. The first-order valence-electron chi connectivity index (χ1n) is 12.7. The van der Waals surface area contributed by atoms with Gasteiger partial charge in [0.2, 0.25) is 0 Å².